The first-order valence-corrected chi connectivity index (χ1v) is 5.90. The molecule has 1 atom stereocenters. The average molecular weight is 228 g/mol. The molecule has 0 aromatic heterocycles. The van der Waals surface area contributed by atoms with E-state index in [1.165, 1.54) is 4.90 Å². The van der Waals surface area contributed by atoms with Gasteiger partial charge < -0.3 is 10.0 Å². The van der Waals surface area contributed by atoms with Crippen molar-refractivity contribution in [1.82, 2.24) is 9.80 Å². The molecule has 1 aliphatic heterocycles. The Hall–Kier alpha value is -1.26. The highest BCUT2D eigenvalue weighted by atomic mass is 16.4. The minimum Gasteiger partial charge on any atom is -0.465 e. The maximum atomic E-state index is 12.1. The molecule has 1 N–H and O–H groups in total. The summed E-state index contributed by atoms with van der Waals surface area (Å²) < 4.78 is 0. The van der Waals surface area contributed by atoms with Crippen molar-refractivity contribution in [3.63, 3.8) is 0 Å². The van der Waals surface area contributed by atoms with Crippen molar-refractivity contribution in [1.29, 1.82) is 0 Å². The SMILES string of the molecule is CCN(CC)C(=O)C1CCCCN1C(=O)O. The van der Waals surface area contributed by atoms with Crippen LogP contribution in [0.15, 0.2) is 0 Å². The molecule has 1 saturated heterocycles. The highest BCUT2D eigenvalue weighted by molar-refractivity contribution is 5.85. The number of likely N-dealkylation sites (tertiary alicyclic amines) is 1. The maximum absolute atomic E-state index is 12.1. The second kappa shape index (κ2) is 5.72. The number of carbonyl (C=O) groups excluding carboxylic acids is 1. The van der Waals surface area contributed by atoms with Crippen LogP contribution < -0.4 is 0 Å². The van der Waals surface area contributed by atoms with E-state index < -0.39 is 12.1 Å². The Balaban J connectivity index is 2.74. The van der Waals surface area contributed by atoms with E-state index in [1.54, 1.807) is 4.90 Å². The van der Waals surface area contributed by atoms with E-state index in [2.05, 4.69) is 0 Å². The van der Waals surface area contributed by atoms with Crippen molar-refractivity contribution in [2.75, 3.05) is 19.6 Å². The van der Waals surface area contributed by atoms with E-state index in [-0.39, 0.29) is 5.91 Å². The van der Waals surface area contributed by atoms with Gasteiger partial charge in [-0.25, -0.2) is 4.79 Å². The van der Waals surface area contributed by atoms with Crippen molar-refractivity contribution < 1.29 is 14.7 Å². The molecular formula is C11H20N2O3. The van der Waals surface area contributed by atoms with Gasteiger partial charge in [-0.1, -0.05) is 0 Å². The van der Waals surface area contributed by atoms with Gasteiger partial charge in [0.2, 0.25) is 5.91 Å². The minimum atomic E-state index is -0.981. The van der Waals surface area contributed by atoms with Crippen LogP contribution in [-0.4, -0.2) is 52.6 Å². The standard InChI is InChI=1S/C11H20N2O3/c1-3-12(4-2)10(14)9-7-5-6-8-13(9)11(15)16/h9H,3-8H2,1-2H3,(H,15,16). The maximum Gasteiger partial charge on any atom is 0.407 e. The van der Waals surface area contributed by atoms with Crippen LogP contribution >= 0.6 is 0 Å². The molecule has 1 aliphatic rings. The van der Waals surface area contributed by atoms with E-state index in [9.17, 15) is 9.59 Å². The van der Waals surface area contributed by atoms with Crippen molar-refractivity contribution in [2.45, 2.75) is 39.2 Å². The number of rotatable bonds is 3. The molecule has 0 radical (unpaired) electrons. The van der Waals surface area contributed by atoms with Gasteiger partial charge in [0.05, 0.1) is 0 Å². The van der Waals surface area contributed by atoms with E-state index in [1.807, 2.05) is 13.8 Å². The molecular weight excluding hydrogens is 208 g/mol. The zero-order valence-corrected chi connectivity index (χ0v) is 9.98. The molecule has 5 nitrogen and oxygen atoms in total. The summed E-state index contributed by atoms with van der Waals surface area (Å²) in [6, 6.07) is -0.467. The minimum absolute atomic E-state index is 0.0490. The molecule has 0 aromatic rings. The van der Waals surface area contributed by atoms with Gasteiger partial charge in [0, 0.05) is 19.6 Å². The number of nitrogens with zero attached hydrogens (tertiary/aromatic N) is 2. The first kappa shape index (κ1) is 12.8. The first-order chi connectivity index (χ1) is 7.61. The number of piperidine rings is 1. The van der Waals surface area contributed by atoms with Gasteiger partial charge >= 0.3 is 6.09 Å². The number of hydrogen-bond donors (Lipinski definition) is 1. The topological polar surface area (TPSA) is 60.9 Å². The molecule has 0 bridgehead atoms. The third-order valence-electron chi connectivity index (χ3n) is 3.11. The number of amides is 2. The summed E-state index contributed by atoms with van der Waals surface area (Å²) in [4.78, 5) is 26.1. The zero-order valence-electron chi connectivity index (χ0n) is 9.98. The van der Waals surface area contributed by atoms with Crippen LogP contribution in [-0.2, 0) is 4.79 Å². The molecule has 0 aromatic carbocycles. The Morgan fingerprint density at radius 3 is 2.44 bits per heavy atom. The molecule has 2 amide bonds. The summed E-state index contributed by atoms with van der Waals surface area (Å²) in [7, 11) is 0. The molecule has 0 aliphatic carbocycles. The van der Waals surface area contributed by atoms with Crippen LogP contribution in [0.4, 0.5) is 4.79 Å². The average Bonchev–Trinajstić information content (AvgIpc) is 2.30. The number of hydrogen-bond acceptors (Lipinski definition) is 2. The molecule has 1 rings (SSSR count). The summed E-state index contributed by atoms with van der Waals surface area (Å²) in [5.41, 5.74) is 0. The monoisotopic (exact) mass is 228 g/mol. The van der Waals surface area contributed by atoms with Gasteiger partial charge in [0.15, 0.2) is 0 Å². The van der Waals surface area contributed by atoms with E-state index in [4.69, 9.17) is 5.11 Å². The highest BCUT2D eigenvalue weighted by Crippen LogP contribution is 2.19. The molecule has 0 spiro atoms. The largest absolute Gasteiger partial charge is 0.465 e. The fraction of sp³-hybridized carbons (Fsp3) is 0.818. The quantitative estimate of drug-likeness (QED) is 0.794. The third kappa shape index (κ3) is 2.65. The normalized spacial score (nSPS) is 20.6. The molecule has 1 heterocycles. The van der Waals surface area contributed by atoms with Gasteiger partial charge in [-0.2, -0.15) is 0 Å². The van der Waals surface area contributed by atoms with Crippen LogP contribution in [0.5, 0.6) is 0 Å². The van der Waals surface area contributed by atoms with Crippen molar-refractivity contribution in [3.8, 4) is 0 Å². The predicted molar refractivity (Wildman–Crippen MR) is 60.3 cm³/mol. The van der Waals surface area contributed by atoms with Crippen LogP contribution in [0.3, 0.4) is 0 Å². The smallest absolute Gasteiger partial charge is 0.407 e. The molecule has 0 saturated carbocycles. The molecule has 1 fully saturated rings. The summed E-state index contributed by atoms with van der Waals surface area (Å²) >= 11 is 0. The molecule has 5 heteroatoms. The highest BCUT2D eigenvalue weighted by Gasteiger charge is 2.33. The molecule has 1 unspecified atom stereocenters. The van der Waals surface area contributed by atoms with Gasteiger partial charge in [-0.3, -0.25) is 9.69 Å². The van der Waals surface area contributed by atoms with Gasteiger partial charge in [0.1, 0.15) is 6.04 Å². The Morgan fingerprint density at radius 2 is 1.94 bits per heavy atom. The lowest BCUT2D eigenvalue weighted by atomic mass is 10.0. The number of likely N-dealkylation sites (N-methyl/N-ethyl adjacent to an activating group) is 1. The zero-order chi connectivity index (χ0) is 12.1. The van der Waals surface area contributed by atoms with Crippen molar-refractivity contribution in [2.24, 2.45) is 0 Å². The van der Waals surface area contributed by atoms with E-state index in [0.29, 0.717) is 26.1 Å². The summed E-state index contributed by atoms with van der Waals surface area (Å²) in [5.74, 6) is -0.0490. The van der Waals surface area contributed by atoms with Gasteiger partial charge in [-0.15, -0.1) is 0 Å². The Bertz CT molecular complexity index is 264. The Kier molecular flexibility index (Phi) is 4.58. The van der Waals surface area contributed by atoms with Crippen LogP contribution in [0.1, 0.15) is 33.1 Å². The summed E-state index contributed by atoms with van der Waals surface area (Å²) in [6.45, 7) is 5.58. The number of carbonyl (C=O) groups is 2. The van der Waals surface area contributed by atoms with Gasteiger partial charge in [-0.05, 0) is 33.1 Å². The Morgan fingerprint density at radius 1 is 1.31 bits per heavy atom. The predicted octanol–water partition coefficient (Wildman–Crippen LogP) is 1.39. The van der Waals surface area contributed by atoms with Gasteiger partial charge in [0.25, 0.3) is 0 Å². The van der Waals surface area contributed by atoms with Crippen LogP contribution in [0.2, 0.25) is 0 Å². The Labute approximate surface area is 96.0 Å². The fourth-order valence-electron chi connectivity index (χ4n) is 2.16. The lowest BCUT2D eigenvalue weighted by Gasteiger charge is -2.35. The lowest BCUT2D eigenvalue weighted by Crippen LogP contribution is -2.52. The second-order valence-corrected chi connectivity index (χ2v) is 4.00. The second-order valence-electron chi connectivity index (χ2n) is 4.00. The van der Waals surface area contributed by atoms with Crippen LogP contribution in [0.25, 0.3) is 0 Å². The third-order valence-corrected chi connectivity index (χ3v) is 3.11. The molecule has 16 heavy (non-hydrogen) atoms. The van der Waals surface area contributed by atoms with E-state index in [0.717, 1.165) is 12.8 Å². The summed E-state index contributed by atoms with van der Waals surface area (Å²) in [5, 5.41) is 9.04. The first-order valence-electron chi connectivity index (χ1n) is 5.90. The van der Waals surface area contributed by atoms with Crippen molar-refractivity contribution >= 4 is 12.0 Å². The molecule has 92 valence electrons. The van der Waals surface area contributed by atoms with E-state index >= 15 is 0 Å². The number of carboxylic acid groups (broad SMARTS) is 1. The van der Waals surface area contributed by atoms with Crippen LogP contribution in [0, 0.1) is 0 Å². The van der Waals surface area contributed by atoms with Crippen molar-refractivity contribution in [3.05, 3.63) is 0 Å². The lowest BCUT2D eigenvalue weighted by molar-refractivity contribution is -0.137. The summed E-state index contributed by atoms with van der Waals surface area (Å²) in [6.07, 6.45) is 1.46. The fourth-order valence-corrected chi connectivity index (χ4v) is 2.16.